The molecule has 0 saturated heterocycles. The first kappa shape index (κ1) is 8.55. The number of carboxylic acid groups (broad SMARTS) is 1. The molecular formula is C9H8N2O3. The van der Waals surface area contributed by atoms with Crippen LogP contribution >= 0.6 is 0 Å². The molecule has 0 amide bonds. The number of pyridine rings is 1. The van der Waals surface area contributed by atoms with Crippen molar-refractivity contribution in [2.24, 2.45) is 0 Å². The second kappa shape index (κ2) is 2.73. The molecule has 0 bridgehead atoms. The lowest BCUT2D eigenvalue weighted by atomic mass is 10.3. The van der Waals surface area contributed by atoms with Crippen LogP contribution in [0.4, 0.5) is 0 Å². The van der Waals surface area contributed by atoms with Crippen molar-refractivity contribution >= 4 is 11.6 Å². The Morgan fingerprint density at radius 3 is 2.93 bits per heavy atom. The SMILES string of the molecule is Cc1nc2cc(C(=O)O)ccn2c1O. The van der Waals surface area contributed by atoms with E-state index in [0.717, 1.165) is 0 Å². The summed E-state index contributed by atoms with van der Waals surface area (Å²) in [6, 6.07) is 2.82. The van der Waals surface area contributed by atoms with Crippen molar-refractivity contribution in [2.75, 3.05) is 0 Å². The number of aromatic hydroxyl groups is 1. The van der Waals surface area contributed by atoms with Gasteiger partial charge in [0.1, 0.15) is 11.3 Å². The van der Waals surface area contributed by atoms with E-state index in [-0.39, 0.29) is 11.4 Å². The third-order valence-corrected chi connectivity index (χ3v) is 2.02. The number of aryl methyl sites for hydroxylation is 1. The third-order valence-electron chi connectivity index (χ3n) is 2.02. The lowest BCUT2D eigenvalue weighted by Crippen LogP contribution is -1.97. The summed E-state index contributed by atoms with van der Waals surface area (Å²) in [7, 11) is 0. The van der Waals surface area contributed by atoms with E-state index in [2.05, 4.69) is 4.98 Å². The Morgan fingerprint density at radius 1 is 1.57 bits per heavy atom. The van der Waals surface area contributed by atoms with Gasteiger partial charge in [-0.1, -0.05) is 0 Å². The molecule has 5 heteroatoms. The highest BCUT2D eigenvalue weighted by Gasteiger charge is 2.09. The zero-order chi connectivity index (χ0) is 10.3. The minimum Gasteiger partial charge on any atom is -0.493 e. The Morgan fingerprint density at radius 2 is 2.29 bits per heavy atom. The summed E-state index contributed by atoms with van der Waals surface area (Å²) in [5.74, 6) is -0.968. The monoisotopic (exact) mass is 192 g/mol. The number of carboxylic acids is 1. The van der Waals surface area contributed by atoms with E-state index in [1.807, 2.05) is 0 Å². The van der Waals surface area contributed by atoms with Crippen LogP contribution in [0.1, 0.15) is 16.1 Å². The highest BCUT2D eigenvalue weighted by Crippen LogP contribution is 2.18. The molecule has 0 aliphatic rings. The Labute approximate surface area is 79.2 Å². The van der Waals surface area contributed by atoms with E-state index < -0.39 is 5.97 Å². The van der Waals surface area contributed by atoms with Gasteiger partial charge in [0, 0.05) is 6.20 Å². The molecule has 0 spiro atoms. The highest BCUT2D eigenvalue weighted by atomic mass is 16.4. The smallest absolute Gasteiger partial charge is 0.335 e. The van der Waals surface area contributed by atoms with Gasteiger partial charge in [-0.3, -0.25) is 4.40 Å². The van der Waals surface area contributed by atoms with Crippen molar-refractivity contribution in [3.8, 4) is 5.88 Å². The minimum absolute atomic E-state index is 0.0388. The van der Waals surface area contributed by atoms with Crippen LogP contribution in [-0.2, 0) is 0 Å². The normalized spacial score (nSPS) is 10.6. The van der Waals surface area contributed by atoms with Gasteiger partial charge in [0.05, 0.1) is 5.56 Å². The molecule has 0 aliphatic heterocycles. The maximum Gasteiger partial charge on any atom is 0.335 e. The first-order valence-electron chi connectivity index (χ1n) is 4.00. The van der Waals surface area contributed by atoms with Gasteiger partial charge in [-0.05, 0) is 19.1 Å². The molecule has 0 atom stereocenters. The quantitative estimate of drug-likeness (QED) is 0.708. The van der Waals surface area contributed by atoms with E-state index in [1.165, 1.54) is 22.7 Å². The van der Waals surface area contributed by atoms with Gasteiger partial charge < -0.3 is 10.2 Å². The Hall–Kier alpha value is -2.04. The molecule has 0 saturated carbocycles. The summed E-state index contributed by atoms with van der Waals surface area (Å²) in [4.78, 5) is 14.6. The van der Waals surface area contributed by atoms with Crippen molar-refractivity contribution < 1.29 is 15.0 Å². The molecule has 72 valence electrons. The van der Waals surface area contributed by atoms with Crippen molar-refractivity contribution in [2.45, 2.75) is 6.92 Å². The van der Waals surface area contributed by atoms with Gasteiger partial charge >= 0.3 is 5.97 Å². The standard InChI is InChI=1S/C9H8N2O3/c1-5-8(12)11-3-2-6(9(13)14)4-7(11)10-5/h2-4,12H,1H3,(H,13,14). The van der Waals surface area contributed by atoms with Crippen LogP contribution in [0, 0.1) is 6.92 Å². The van der Waals surface area contributed by atoms with Gasteiger partial charge in [0.15, 0.2) is 0 Å². The van der Waals surface area contributed by atoms with E-state index in [0.29, 0.717) is 11.3 Å². The number of nitrogens with zero attached hydrogens (tertiary/aromatic N) is 2. The minimum atomic E-state index is -1.01. The Bertz CT molecular complexity index is 516. The lowest BCUT2D eigenvalue weighted by molar-refractivity contribution is 0.0697. The molecule has 0 unspecified atom stereocenters. The van der Waals surface area contributed by atoms with Gasteiger partial charge in [-0.2, -0.15) is 0 Å². The summed E-state index contributed by atoms with van der Waals surface area (Å²) >= 11 is 0. The van der Waals surface area contributed by atoms with Crippen LogP contribution in [0.15, 0.2) is 18.3 Å². The molecule has 5 nitrogen and oxygen atoms in total. The Balaban J connectivity index is 2.73. The lowest BCUT2D eigenvalue weighted by Gasteiger charge is -1.96. The molecule has 2 N–H and O–H groups in total. The molecule has 2 rings (SSSR count). The zero-order valence-electron chi connectivity index (χ0n) is 7.43. The summed E-state index contributed by atoms with van der Waals surface area (Å²) in [6.07, 6.45) is 1.48. The molecule has 2 heterocycles. The topological polar surface area (TPSA) is 74.8 Å². The summed E-state index contributed by atoms with van der Waals surface area (Å²) in [6.45, 7) is 1.66. The fraction of sp³-hybridized carbons (Fsp3) is 0.111. The molecule has 0 aliphatic carbocycles. The first-order valence-corrected chi connectivity index (χ1v) is 4.00. The largest absolute Gasteiger partial charge is 0.493 e. The second-order valence-corrected chi connectivity index (χ2v) is 2.97. The Kier molecular flexibility index (Phi) is 1.67. The number of aromatic carboxylic acids is 1. The fourth-order valence-electron chi connectivity index (χ4n) is 1.28. The van der Waals surface area contributed by atoms with Gasteiger partial charge in [0.25, 0.3) is 0 Å². The predicted molar refractivity (Wildman–Crippen MR) is 48.6 cm³/mol. The van der Waals surface area contributed by atoms with Crippen LogP contribution < -0.4 is 0 Å². The number of hydrogen-bond acceptors (Lipinski definition) is 3. The molecule has 0 fully saturated rings. The highest BCUT2D eigenvalue weighted by molar-refractivity contribution is 5.88. The van der Waals surface area contributed by atoms with E-state index in [9.17, 15) is 9.90 Å². The molecule has 0 aromatic carbocycles. The maximum absolute atomic E-state index is 10.6. The summed E-state index contributed by atoms with van der Waals surface area (Å²) in [5.41, 5.74) is 1.06. The van der Waals surface area contributed by atoms with E-state index in [4.69, 9.17) is 5.11 Å². The summed E-state index contributed by atoms with van der Waals surface area (Å²) in [5, 5.41) is 18.2. The average molecular weight is 192 g/mol. The molecule has 2 aromatic rings. The number of fused-ring (bicyclic) bond motifs is 1. The van der Waals surface area contributed by atoms with Gasteiger partial charge in [0.2, 0.25) is 5.88 Å². The van der Waals surface area contributed by atoms with E-state index >= 15 is 0 Å². The van der Waals surface area contributed by atoms with Crippen molar-refractivity contribution in [1.82, 2.24) is 9.38 Å². The number of aromatic nitrogens is 2. The average Bonchev–Trinajstić information content (AvgIpc) is 2.42. The van der Waals surface area contributed by atoms with E-state index in [1.54, 1.807) is 6.92 Å². The second-order valence-electron chi connectivity index (χ2n) is 2.97. The van der Waals surface area contributed by atoms with Crippen LogP contribution in [0.2, 0.25) is 0 Å². The number of imidazole rings is 1. The third kappa shape index (κ3) is 1.10. The maximum atomic E-state index is 10.6. The van der Waals surface area contributed by atoms with Gasteiger partial charge in [-0.15, -0.1) is 0 Å². The van der Waals surface area contributed by atoms with Gasteiger partial charge in [-0.25, -0.2) is 9.78 Å². The number of rotatable bonds is 1. The van der Waals surface area contributed by atoms with Crippen LogP contribution in [0.3, 0.4) is 0 Å². The van der Waals surface area contributed by atoms with Crippen molar-refractivity contribution in [1.29, 1.82) is 0 Å². The van der Waals surface area contributed by atoms with Crippen LogP contribution in [-0.4, -0.2) is 25.6 Å². The zero-order valence-corrected chi connectivity index (χ0v) is 7.43. The molecular weight excluding hydrogens is 184 g/mol. The van der Waals surface area contributed by atoms with Crippen molar-refractivity contribution in [3.63, 3.8) is 0 Å². The summed E-state index contributed by atoms with van der Waals surface area (Å²) < 4.78 is 1.43. The molecule has 14 heavy (non-hydrogen) atoms. The molecule has 0 radical (unpaired) electrons. The predicted octanol–water partition coefficient (Wildman–Crippen LogP) is 1.05. The van der Waals surface area contributed by atoms with Crippen LogP contribution in [0.5, 0.6) is 5.88 Å². The fourth-order valence-corrected chi connectivity index (χ4v) is 1.28. The molecule has 2 aromatic heterocycles. The number of hydrogen-bond donors (Lipinski definition) is 2. The van der Waals surface area contributed by atoms with Crippen molar-refractivity contribution in [3.05, 3.63) is 29.6 Å². The first-order chi connectivity index (χ1) is 6.59. The number of carbonyl (C=O) groups is 1. The van der Waals surface area contributed by atoms with Crippen LogP contribution in [0.25, 0.3) is 5.65 Å².